The first-order valence-electron chi connectivity index (χ1n) is 8.50. The molecule has 6 nitrogen and oxygen atoms in total. The van der Waals surface area contributed by atoms with Gasteiger partial charge in [-0.05, 0) is 47.5 Å². The molecular formula is C21H17ClN4O2. The van der Waals surface area contributed by atoms with Crippen LogP contribution in [-0.2, 0) is 0 Å². The Morgan fingerprint density at radius 1 is 0.857 bits per heavy atom. The fourth-order valence-corrected chi connectivity index (χ4v) is 3.21. The summed E-state index contributed by atoms with van der Waals surface area (Å²) in [6.45, 7) is 0. The number of methoxy groups -OCH3 is 2. The van der Waals surface area contributed by atoms with Crippen LogP contribution < -0.4 is 15.2 Å². The summed E-state index contributed by atoms with van der Waals surface area (Å²) in [7, 11) is 3.20. The molecule has 0 unspecified atom stereocenters. The van der Waals surface area contributed by atoms with Gasteiger partial charge in [0.25, 0.3) is 0 Å². The van der Waals surface area contributed by atoms with Crippen molar-refractivity contribution in [1.82, 2.24) is 15.0 Å². The molecule has 0 aliphatic carbocycles. The molecule has 2 N–H and O–H groups in total. The number of ether oxygens (including phenoxy) is 2. The minimum absolute atomic E-state index is 0.376. The van der Waals surface area contributed by atoms with Crippen LogP contribution in [0.1, 0.15) is 0 Å². The lowest BCUT2D eigenvalue weighted by Gasteiger charge is -2.13. The van der Waals surface area contributed by atoms with Crippen LogP contribution in [0.15, 0.2) is 54.9 Å². The second-order valence-electron chi connectivity index (χ2n) is 6.09. The van der Waals surface area contributed by atoms with Crippen molar-refractivity contribution in [2.75, 3.05) is 20.0 Å². The molecule has 140 valence electrons. The van der Waals surface area contributed by atoms with Gasteiger partial charge in [0, 0.05) is 10.6 Å². The van der Waals surface area contributed by atoms with Gasteiger partial charge in [0.05, 0.1) is 25.3 Å². The monoisotopic (exact) mass is 392 g/mol. The third-order valence-corrected chi connectivity index (χ3v) is 4.72. The second kappa shape index (κ2) is 7.32. The van der Waals surface area contributed by atoms with Crippen molar-refractivity contribution in [3.05, 3.63) is 59.9 Å². The van der Waals surface area contributed by atoms with Crippen LogP contribution in [0.5, 0.6) is 11.5 Å². The van der Waals surface area contributed by atoms with Crippen molar-refractivity contribution in [2.24, 2.45) is 0 Å². The number of nitrogens with two attached hydrogens (primary N) is 1. The summed E-state index contributed by atoms with van der Waals surface area (Å²) in [6, 6.07) is 15.1. The van der Waals surface area contributed by atoms with Gasteiger partial charge in [0.2, 0.25) is 0 Å². The van der Waals surface area contributed by atoms with Crippen LogP contribution in [0.3, 0.4) is 0 Å². The molecule has 4 aromatic rings. The lowest BCUT2D eigenvalue weighted by Crippen LogP contribution is -1.99. The summed E-state index contributed by atoms with van der Waals surface area (Å²) in [4.78, 5) is 13.1. The SMILES string of the molecule is COc1ccc(-c2cc(-c3ccc(Cl)cc3)c3c(N)ncnc3n2)cc1OC. The van der Waals surface area contributed by atoms with E-state index in [4.69, 9.17) is 26.8 Å². The van der Waals surface area contributed by atoms with Crippen molar-refractivity contribution in [3.63, 3.8) is 0 Å². The number of anilines is 1. The zero-order chi connectivity index (χ0) is 19.7. The zero-order valence-electron chi connectivity index (χ0n) is 15.3. The smallest absolute Gasteiger partial charge is 0.165 e. The largest absolute Gasteiger partial charge is 0.493 e. The third kappa shape index (κ3) is 3.18. The molecule has 2 heterocycles. The zero-order valence-corrected chi connectivity index (χ0v) is 16.1. The van der Waals surface area contributed by atoms with Crippen LogP contribution >= 0.6 is 11.6 Å². The summed E-state index contributed by atoms with van der Waals surface area (Å²) in [5.41, 5.74) is 10.1. The number of hydrogen-bond acceptors (Lipinski definition) is 6. The summed E-state index contributed by atoms with van der Waals surface area (Å²) in [6.07, 6.45) is 1.41. The Labute approximate surface area is 166 Å². The van der Waals surface area contributed by atoms with Crippen molar-refractivity contribution in [3.8, 4) is 33.9 Å². The highest BCUT2D eigenvalue weighted by Gasteiger charge is 2.15. The van der Waals surface area contributed by atoms with Crippen molar-refractivity contribution in [1.29, 1.82) is 0 Å². The van der Waals surface area contributed by atoms with Gasteiger partial charge < -0.3 is 15.2 Å². The number of hydrogen-bond donors (Lipinski definition) is 1. The van der Waals surface area contributed by atoms with E-state index in [0.29, 0.717) is 33.4 Å². The lowest BCUT2D eigenvalue weighted by molar-refractivity contribution is 0.355. The van der Waals surface area contributed by atoms with E-state index in [1.165, 1.54) is 6.33 Å². The maximum Gasteiger partial charge on any atom is 0.165 e. The first-order valence-corrected chi connectivity index (χ1v) is 8.88. The van der Waals surface area contributed by atoms with E-state index in [1.54, 1.807) is 14.2 Å². The molecule has 0 saturated carbocycles. The van der Waals surface area contributed by atoms with Gasteiger partial charge in [-0.1, -0.05) is 23.7 Å². The minimum Gasteiger partial charge on any atom is -0.493 e. The fraction of sp³-hybridized carbons (Fsp3) is 0.0952. The number of aromatic nitrogens is 3. The number of fused-ring (bicyclic) bond motifs is 1. The molecule has 0 bridgehead atoms. The Kier molecular flexibility index (Phi) is 4.71. The molecule has 28 heavy (non-hydrogen) atoms. The van der Waals surface area contributed by atoms with Crippen molar-refractivity contribution >= 4 is 28.5 Å². The maximum atomic E-state index is 6.14. The predicted octanol–water partition coefficient (Wildman–Crippen LogP) is 4.61. The van der Waals surface area contributed by atoms with Gasteiger partial charge >= 0.3 is 0 Å². The van der Waals surface area contributed by atoms with Gasteiger partial charge in [-0.2, -0.15) is 0 Å². The molecular weight excluding hydrogens is 376 g/mol. The molecule has 7 heteroatoms. The summed E-state index contributed by atoms with van der Waals surface area (Å²) < 4.78 is 10.7. The Bertz CT molecular complexity index is 1160. The molecule has 0 radical (unpaired) electrons. The molecule has 4 rings (SSSR count). The van der Waals surface area contributed by atoms with Crippen LogP contribution in [-0.4, -0.2) is 29.2 Å². The average Bonchev–Trinajstić information content (AvgIpc) is 2.73. The van der Waals surface area contributed by atoms with Crippen molar-refractivity contribution in [2.45, 2.75) is 0 Å². The molecule has 0 aliphatic heterocycles. The minimum atomic E-state index is 0.376. The number of nitrogens with zero attached hydrogens (tertiary/aromatic N) is 3. The van der Waals surface area contributed by atoms with Crippen molar-refractivity contribution < 1.29 is 9.47 Å². The number of pyridine rings is 1. The van der Waals surface area contributed by atoms with E-state index >= 15 is 0 Å². The number of nitrogen functional groups attached to an aromatic ring is 1. The van der Waals surface area contributed by atoms with Crippen LogP contribution in [0.25, 0.3) is 33.4 Å². The van der Waals surface area contributed by atoms with E-state index in [1.807, 2.05) is 48.5 Å². The quantitative estimate of drug-likeness (QED) is 0.546. The van der Waals surface area contributed by atoms with Gasteiger partial charge in [-0.25, -0.2) is 15.0 Å². The van der Waals surface area contributed by atoms with E-state index < -0.39 is 0 Å². The fourth-order valence-electron chi connectivity index (χ4n) is 3.09. The Hall–Kier alpha value is -3.38. The second-order valence-corrected chi connectivity index (χ2v) is 6.53. The van der Waals surface area contributed by atoms with E-state index in [9.17, 15) is 0 Å². The molecule has 0 saturated heterocycles. The van der Waals surface area contributed by atoms with E-state index in [0.717, 1.165) is 22.4 Å². The molecule has 0 amide bonds. The van der Waals surface area contributed by atoms with E-state index in [-0.39, 0.29) is 0 Å². The standard InChI is InChI=1S/C21H17ClN4O2/c1-27-17-8-5-13(9-18(17)28-2)16-10-15(12-3-6-14(22)7-4-12)19-20(23)24-11-25-21(19)26-16/h3-11H,1-2H3,(H2,23,24,25,26). The Morgan fingerprint density at radius 3 is 2.29 bits per heavy atom. The van der Waals surface area contributed by atoms with Gasteiger partial charge in [-0.3, -0.25) is 0 Å². The Balaban J connectivity index is 1.97. The highest BCUT2D eigenvalue weighted by atomic mass is 35.5. The predicted molar refractivity (Wildman–Crippen MR) is 111 cm³/mol. The number of benzene rings is 2. The molecule has 0 fully saturated rings. The first kappa shape index (κ1) is 18.0. The lowest BCUT2D eigenvalue weighted by atomic mass is 9.99. The van der Waals surface area contributed by atoms with E-state index in [2.05, 4.69) is 15.0 Å². The molecule has 2 aromatic carbocycles. The van der Waals surface area contributed by atoms with Crippen LogP contribution in [0, 0.1) is 0 Å². The topological polar surface area (TPSA) is 83.2 Å². The summed E-state index contributed by atoms with van der Waals surface area (Å²) in [5, 5.41) is 1.36. The molecule has 0 aliphatic rings. The van der Waals surface area contributed by atoms with Crippen LogP contribution in [0.2, 0.25) is 5.02 Å². The summed E-state index contributed by atoms with van der Waals surface area (Å²) in [5.74, 6) is 1.65. The number of rotatable bonds is 4. The van der Waals surface area contributed by atoms with Gasteiger partial charge in [0.15, 0.2) is 17.1 Å². The average molecular weight is 393 g/mol. The number of halogens is 1. The molecule has 0 spiro atoms. The van der Waals surface area contributed by atoms with Crippen LogP contribution in [0.4, 0.5) is 5.82 Å². The third-order valence-electron chi connectivity index (χ3n) is 4.47. The highest BCUT2D eigenvalue weighted by Crippen LogP contribution is 2.36. The highest BCUT2D eigenvalue weighted by molar-refractivity contribution is 6.30. The maximum absolute atomic E-state index is 6.14. The van der Waals surface area contributed by atoms with Gasteiger partial charge in [0.1, 0.15) is 12.1 Å². The molecule has 0 atom stereocenters. The molecule has 2 aromatic heterocycles. The first-order chi connectivity index (χ1) is 13.6. The summed E-state index contributed by atoms with van der Waals surface area (Å²) >= 11 is 6.05. The normalized spacial score (nSPS) is 10.8. The Morgan fingerprint density at radius 2 is 1.57 bits per heavy atom. The van der Waals surface area contributed by atoms with Gasteiger partial charge in [-0.15, -0.1) is 0 Å².